The van der Waals surface area contributed by atoms with E-state index < -0.39 is 5.97 Å². The largest absolute Gasteiger partial charge is 0.477 e. The Labute approximate surface area is 119 Å². The van der Waals surface area contributed by atoms with Gasteiger partial charge in [0.1, 0.15) is 4.88 Å². The summed E-state index contributed by atoms with van der Waals surface area (Å²) in [5.41, 5.74) is 1.86. The first kappa shape index (κ1) is 14.0. The van der Waals surface area contributed by atoms with E-state index in [1.165, 1.54) is 6.92 Å². The van der Waals surface area contributed by atoms with Gasteiger partial charge in [-0.25, -0.2) is 9.78 Å². The van der Waals surface area contributed by atoms with Crippen molar-refractivity contribution in [2.24, 2.45) is 0 Å². The van der Waals surface area contributed by atoms with Gasteiger partial charge < -0.3 is 15.7 Å². The number of nitrogens with zero attached hydrogens (tertiary/aromatic N) is 1. The van der Waals surface area contributed by atoms with Gasteiger partial charge in [0.25, 0.3) is 0 Å². The van der Waals surface area contributed by atoms with Gasteiger partial charge in [-0.2, -0.15) is 0 Å². The van der Waals surface area contributed by atoms with Gasteiger partial charge in [-0.3, -0.25) is 4.79 Å². The highest BCUT2D eigenvalue weighted by Gasteiger charge is 2.13. The molecule has 3 N–H and O–H groups in total. The van der Waals surface area contributed by atoms with Gasteiger partial charge in [0.15, 0.2) is 5.13 Å². The minimum Gasteiger partial charge on any atom is -0.477 e. The number of hydrogen-bond donors (Lipinski definition) is 3. The second kappa shape index (κ2) is 5.70. The van der Waals surface area contributed by atoms with Gasteiger partial charge in [-0.05, 0) is 25.1 Å². The summed E-state index contributed by atoms with van der Waals surface area (Å²) in [5, 5.41) is 15.2. The lowest BCUT2D eigenvalue weighted by molar-refractivity contribution is -0.114. The van der Waals surface area contributed by atoms with E-state index in [1.54, 1.807) is 25.1 Å². The molecule has 1 heterocycles. The summed E-state index contributed by atoms with van der Waals surface area (Å²) in [5.74, 6) is -1.14. The third kappa shape index (κ3) is 3.33. The van der Waals surface area contributed by atoms with E-state index in [0.29, 0.717) is 16.5 Å². The predicted octanol–water partition coefficient (Wildman–Crippen LogP) is 2.85. The molecular weight excluding hydrogens is 278 g/mol. The zero-order chi connectivity index (χ0) is 14.7. The van der Waals surface area contributed by atoms with Crippen molar-refractivity contribution in [1.82, 2.24) is 4.98 Å². The van der Waals surface area contributed by atoms with Gasteiger partial charge in [-0.15, -0.1) is 0 Å². The van der Waals surface area contributed by atoms with Crippen molar-refractivity contribution in [3.05, 3.63) is 34.8 Å². The van der Waals surface area contributed by atoms with Crippen LogP contribution in [0.3, 0.4) is 0 Å². The fourth-order valence-corrected chi connectivity index (χ4v) is 2.48. The van der Waals surface area contributed by atoms with Gasteiger partial charge in [0, 0.05) is 18.3 Å². The topological polar surface area (TPSA) is 91.3 Å². The van der Waals surface area contributed by atoms with Crippen LogP contribution in [0.15, 0.2) is 24.3 Å². The number of aromatic carboxylic acids is 1. The predicted molar refractivity (Wildman–Crippen MR) is 77.8 cm³/mol. The standard InChI is InChI=1S/C13H13N3O3S/c1-7-11(12(18)19)20-13(14-7)16-10-5-3-4-9(6-10)15-8(2)17/h3-6H,1-2H3,(H,14,16)(H,15,17)(H,18,19). The number of anilines is 3. The highest BCUT2D eigenvalue weighted by Crippen LogP contribution is 2.26. The Bertz CT molecular complexity index is 667. The molecule has 0 bridgehead atoms. The molecular formula is C13H13N3O3S. The van der Waals surface area contributed by atoms with Gasteiger partial charge in [0.05, 0.1) is 5.69 Å². The number of benzene rings is 1. The first-order valence-corrected chi connectivity index (χ1v) is 6.63. The van der Waals surface area contributed by atoms with E-state index in [9.17, 15) is 9.59 Å². The summed E-state index contributed by atoms with van der Waals surface area (Å²) < 4.78 is 0. The maximum absolute atomic E-state index is 11.0. The molecule has 0 spiro atoms. The molecule has 1 aromatic carbocycles. The lowest BCUT2D eigenvalue weighted by atomic mass is 10.3. The maximum atomic E-state index is 11.0. The molecule has 7 heteroatoms. The van der Waals surface area contributed by atoms with Gasteiger partial charge in [-0.1, -0.05) is 17.4 Å². The molecule has 0 atom stereocenters. The molecule has 0 aliphatic heterocycles. The van der Waals surface area contributed by atoms with Crippen LogP contribution in [0.1, 0.15) is 22.3 Å². The Kier molecular flexibility index (Phi) is 3.99. The molecule has 1 aromatic heterocycles. The summed E-state index contributed by atoms with van der Waals surface area (Å²) >= 11 is 1.07. The van der Waals surface area contributed by atoms with E-state index in [4.69, 9.17) is 5.11 Å². The summed E-state index contributed by atoms with van der Waals surface area (Å²) in [6.45, 7) is 3.09. The first-order valence-electron chi connectivity index (χ1n) is 5.81. The number of carbonyl (C=O) groups is 2. The monoisotopic (exact) mass is 291 g/mol. The van der Waals surface area contributed by atoms with Crippen molar-refractivity contribution in [3.8, 4) is 0 Å². The average Bonchev–Trinajstić information content (AvgIpc) is 2.70. The molecule has 6 nitrogen and oxygen atoms in total. The van der Waals surface area contributed by atoms with Gasteiger partial charge in [0.2, 0.25) is 5.91 Å². The fraction of sp³-hybridized carbons (Fsp3) is 0.154. The van der Waals surface area contributed by atoms with Crippen molar-refractivity contribution >= 4 is 39.7 Å². The van der Waals surface area contributed by atoms with E-state index in [0.717, 1.165) is 17.0 Å². The Morgan fingerprint density at radius 3 is 2.60 bits per heavy atom. The second-order valence-electron chi connectivity index (χ2n) is 4.13. The molecule has 0 aliphatic carbocycles. The minimum absolute atomic E-state index is 0.152. The number of thiazole rings is 1. The second-order valence-corrected chi connectivity index (χ2v) is 5.12. The Morgan fingerprint density at radius 2 is 2.00 bits per heavy atom. The average molecular weight is 291 g/mol. The molecule has 0 fully saturated rings. The number of aromatic nitrogens is 1. The molecule has 0 unspecified atom stereocenters. The number of carboxylic acids is 1. The Hall–Kier alpha value is -2.41. The van der Waals surface area contributed by atoms with E-state index in [2.05, 4.69) is 15.6 Å². The molecule has 1 amide bonds. The van der Waals surface area contributed by atoms with Crippen LogP contribution in [0.25, 0.3) is 0 Å². The van der Waals surface area contributed by atoms with Crippen molar-refractivity contribution in [1.29, 1.82) is 0 Å². The van der Waals surface area contributed by atoms with Crippen LogP contribution in [0.4, 0.5) is 16.5 Å². The van der Waals surface area contributed by atoms with Crippen LogP contribution in [0.5, 0.6) is 0 Å². The van der Waals surface area contributed by atoms with Gasteiger partial charge >= 0.3 is 5.97 Å². The normalized spacial score (nSPS) is 10.1. The Morgan fingerprint density at radius 1 is 1.30 bits per heavy atom. The fourth-order valence-electron chi connectivity index (χ4n) is 1.65. The summed E-state index contributed by atoms with van der Waals surface area (Å²) in [6.07, 6.45) is 0. The molecule has 0 saturated carbocycles. The first-order chi connectivity index (χ1) is 9.45. The third-order valence-corrected chi connectivity index (χ3v) is 3.49. The van der Waals surface area contributed by atoms with Crippen LogP contribution in [-0.4, -0.2) is 22.0 Å². The number of carbonyl (C=O) groups excluding carboxylic acids is 1. The van der Waals surface area contributed by atoms with Crippen LogP contribution < -0.4 is 10.6 Å². The van der Waals surface area contributed by atoms with Crippen molar-refractivity contribution in [2.75, 3.05) is 10.6 Å². The molecule has 20 heavy (non-hydrogen) atoms. The van der Waals surface area contributed by atoms with E-state index in [1.807, 2.05) is 6.07 Å². The summed E-state index contributed by atoms with van der Waals surface area (Å²) in [7, 11) is 0. The zero-order valence-electron chi connectivity index (χ0n) is 10.9. The smallest absolute Gasteiger partial charge is 0.347 e. The molecule has 0 radical (unpaired) electrons. The zero-order valence-corrected chi connectivity index (χ0v) is 11.7. The van der Waals surface area contributed by atoms with Crippen molar-refractivity contribution < 1.29 is 14.7 Å². The lowest BCUT2D eigenvalue weighted by Crippen LogP contribution is -2.05. The number of carboxylic acid groups (broad SMARTS) is 1. The van der Waals surface area contributed by atoms with E-state index in [-0.39, 0.29) is 10.8 Å². The molecule has 0 saturated heterocycles. The molecule has 0 aliphatic rings. The quantitative estimate of drug-likeness (QED) is 0.805. The Balaban J connectivity index is 2.19. The molecule has 2 rings (SSSR count). The number of nitrogens with one attached hydrogen (secondary N) is 2. The molecule has 2 aromatic rings. The lowest BCUT2D eigenvalue weighted by Gasteiger charge is -2.06. The van der Waals surface area contributed by atoms with Crippen molar-refractivity contribution in [3.63, 3.8) is 0 Å². The highest BCUT2D eigenvalue weighted by molar-refractivity contribution is 7.17. The number of aryl methyl sites for hydroxylation is 1. The molecule has 104 valence electrons. The van der Waals surface area contributed by atoms with Crippen LogP contribution in [0.2, 0.25) is 0 Å². The summed E-state index contributed by atoms with van der Waals surface area (Å²) in [6, 6.07) is 7.11. The van der Waals surface area contributed by atoms with E-state index >= 15 is 0 Å². The number of amides is 1. The third-order valence-electron chi connectivity index (χ3n) is 2.43. The van der Waals surface area contributed by atoms with Crippen LogP contribution in [0, 0.1) is 6.92 Å². The van der Waals surface area contributed by atoms with Crippen LogP contribution >= 0.6 is 11.3 Å². The van der Waals surface area contributed by atoms with Crippen LogP contribution in [-0.2, 0) is 4.79 Å². The minimum atomic E-state index is -0.986. The SMILES string of the molecule is CC(=O)Nc1cccc(Nc2nc(C)c(C(=O)O)s2)c1. The number of hydrogen-bond acceptors (Lipinski definition) is 5. The van der Waals surface area contributed by atoms with Crippen molar-refractivity contribution in [2.45, 2.75) is 13.8 Å². The summed E-state index contributed by atoms with van der Waals surface area (Å²) in [4.78, 5) is 26.3. The number of rotatable bonds is 4. The maximum Gasteiger partial charge on any atom is 0.347 e. The highest BCUT2D eigenvalue weighted by atomic mass is 32.1.